The Morgan fingerprint density at radius 3 is 2.70 bits per heavy atom. The molecule has 1 aromatic heterocycles. The van der Waals surface area contributed by atoms with Gasteiger partial charge in [0.25, 0.3) is 5.91 Å². The second-order valence-electron chi connectivity index (χ2n) is 6.16. The zero-order valence-electron chi connectivity index (χ0n) is 13.7. The Balaban J connectivity index is 1.67. The molecule has 23 heavy (non-hydrogen) atoms. The SMILES string of the molecule is Cc1nc(-c2ccccc2)oc1C(=O)NC[C@@H]1C[C@@H](C)O[C@H]1C. The third-order valence-corrected chi connectivity index (χ3v) is 4.29. The highest BCUT2D eigenvalue weighted by Crippen LogP contribution is 2.26. The van der Waals surface area contributed by atoms with Crippen LogP contribution in [0.1, 0.15) is 36.5 Å². The number of benzene rings is 1. The highest BCUT2D eigenvalue weighted by Gasteiger charge is 2.30. The lowest BCUT2D eigenvalue weighted by Crippen LogP contribution is -2.32. The normalized spacial score (nSPS) is 23.9. The molecule has 5 nitrogen and oxygen atoms in total. The first-order valence-electron chi connectivity index (χ1n) is 8.01. The van der Waals surface area contributed by atoms with Crippen LogP contribution in [0.5, 0.6) is 0 Å². The summed E-state index contributed by atoms with van der Waals surface area (Å²) >= 11 is 0. The van der Waals surface area contributed by atoms with Crippen LogP contribution in [0.25, 0.3) is 11.5 Å². The van der Waals surface area contributed by atoms with E-state index in [0.717, 1.165) is 12.0 Å². The van der Waals surface area contributed by atoms with Crippen molar-refractivity contribution in [2.45, 2.75) is 39.4 Å². The van der Waals surface area contributed by atoms with Crippen molar-refractivity contribution < 1.29 is 13.9 Å². The van der Waals surface area contributed by atoms with E-state index in [4.69, 9.17) is 9.15 Å². The number of nitrogens with one attached hydrogen (secondary N) is 1. The zero-order chi connectivity index (χ0) is 16.4. The van der Waals surface area contributed by atoms with Crippen LogP contribution in [0.3, 0.4) is 0 Å². The summed E-state index contributed by atoms with van der Waals surface area (Å²) in [4.78, 5) is 16.7. The number of nitrogens with zero attached hydrogens (tertiary/aromatic N) is 1. The Labute approximate surface area is 136 Å². The van der Waals surface area contributed by atoms with Gasteiger partial charge in [-0.3, -0.25) is 4.79 Å². The number of carbonyl (C=O) groups excluding carboxylic acids is 1. The summed E-state index contributed by atoms with van der Waals surface area (Å²) in [5.74, 6) is 0.873. The van der Waals surface area contributed by atoms with Gasteiger partial charge in [0, 0.05) is 18.0 Å². The lowest BCUT2D eigenvalue weighted by atomic mass is 10.0. The average Bonchev–Trinajstić information content (AvgIpc) is 3.08. The minimum absolute atomic E-state index is 0.168. The van der Waals surface area contributed by atoms with Gasteiger partial charge in [-0.25, -0.2) is 4.98 Å². The Morgan fingerprint density at radius 1 is 1.30 bits per heavy atom. The number of aromatic nitrogens is 1. The molecule has 1 saturated heterocycles. The van der Waals surface area contributed by atoms with Gasteiger partial charge < -0.3 is 14.5 Å². The number of hydrogen-bond donors (Lipinski definition) is 1. The van der Waals surface area contributed by atoms with Gasteiger partial charge in [0.2, 0.25) is 11.7 Å². The van der Waals surface area contributed by atoms with E-state index in [1.54, 1.807) is 6.92 Å². The molecule has 0 aliphatic carbocycles. The van der Waals surface area contributed by atoms with Gasteiger partial charge in [-0.05, 0) is 39.3 Å². The van der Waals surface area contributed by atoms with Gasteiger partial charge in [0.05, 0.1) is 17.9 Å². The molecule has 1 amide bonds. The maximum Gasteiger partial charge on any atom is 0.289 e. The molecule has 2 heterocycles. The molecule has 1 aliphatic heterocycles. The van der Waals surface area contributed by atoms with Gasteiger partial charge in [0.15, 0.2) is 0 Å². The minimum atomic E-state index is -0.219. The van der Waals surface area contributed by atoms with Crippen LogP contribution in [0.4, 0.5) is 0 Å². The predicted molar refractivity (Wildman–Crippen MR) is 87.1 cm³/mol. The molecule has 1 fully saturated rings. The van der Waals surface area contributed by atoms with Gasteiger partial charge in [-0.15, -0.1) is 0 Å². The first kappa shape index (κ1) is 15.7. The molecule has 0 spiro atoms. The summed E-state index contributed by atoms with van der Waals surface area (Å²) in [6, 6.07) is 9.57. The van der Waals surface area contributed by atoms with Crippen molar-refractivity contribution in [2.75, 3.05) is 6.54 Å². The summed E-state index contributed by atoms with van der Waals surface area (Å²) in [7, 11) is 0. The first-order chi connectivity index (χ1) is 11.0. The number of rotatable bonds is 4. The van der Waals surface area contributed by atoms with E-state index in [1.807, 2.05) is 37.3 Å². The molecule has 5 heteroatoms. The van der Waals surface area contributed by atoms with Gasteiger partial charge in [0.1, 0.15) is 0 Å². The summed E-state index contributed by atoms with van der Waals surface area (Å²) in [6.45, 7) is 6.48. The van der Waals surface area contributed by atoms with E-state index in [0.29, 0.717) is 24.0 Å². The van der Waals surface area contributed by atoms with Crippen molar-refractivity contribution in [2.24, 2.45) is 5.92 Å². The summed E-state index contributed by atoms with van der Waals surface area (Å²) in [6.07, 6.45) is 1.39. The third-order valence-electron chi connectivity index (χ3n) is 4.29. The van der Waals surface area contributed by atoms with E-state index in [1.165, 1.54) is 0 Å². The minimum Gasteiger partial charge on any atom is -0.431 e. The van der Waals surface area contributed by atoms with Crippen molar-refractivity contribution in [1.82, 2.24) is 10.3 Å². The summed E-state index contributed by atoms with van der Waals surface area (Å²) in [5, 5.41) is 2.94. The Bertz CT molecular complexity index is 681. The van der Waals surface area contributed by atoms with Crippen molar-refractivity contribution in [3.8, 4) is 11.5 Å². The highest BCUT2D eigenvalue weighted by molar-refractivity contribution is 5.92. The standard InChI is InChI=1S/C18H22N2O3/c1-11-9-15(13(3)22-11)10-19-17(21)16-12(2)20-18(23-16)14-7-5-4-6-8-14/h4-8,11,13,15H,9-10H2,1-3H3,(H,19,21)/t11-,13+,15+/m1/s1. The lowest BCUT2D eigenvalue weighted by Gasteiger charge is -2.13. The fraction of sp³-hybridized carbons (Fsp3) is 0.444. The molecular weight excluding hydrogens is 292 g/mol. The molecule has 2 aromatic rings. The zero-order valence-corrected chi connectivity index (χ0v) is 13.7. The van der Waals surface area contributed by atoms with Crippen molar-refractivity contribution in [3.63, 3.8) is 0 Å². The van der Waals surface area contributed by atoms with Crippen LogP contribution in [0, 0.1) is 12.8 Å². The van der Waals surface area contributed by atoms with Gasteiger partial charge in [-0.2, -0.15) is 0 Å². The second-order valence-corrected chi connectivity index (χ2v) is 6.16. The van der Waals surface area contributed by atoms with Crippen LogP contribution >= 0.6 is 0 Å². The topological polar surface area (TPSA) is 64.4 Å². The van der Waals surface area contributed by atoms with Gasteiger partial charge >= 0.3 is 0 Å². The smallest absolute Gasteiger partial charge is 0.289 e. The maximum atomic E-state index is 12.4. The molecule has 1 aromatic carbocycles. The molecule has 1 aliphatic rings. The van der Waals surface area contributed by atoms with Crippen molar-refractivity contribution in [1.29, 1.82) is 0 Å². The molecule has 0 saturated carbocycles. The van der Waals surface area contributed by atoms with E-state index in [9.17, 15) is 4.79 Å². The van der Waals surface area contributed by atoms with Crippen molar-refractivity contribution in [3.05, 3.63) is 41.8 Å². The Kier molecular flexibility index (Phi) is 4.48. The quantitative estimate of drug-likeness (QED) is 0.941. The number of ether oxygens (including phenoxy) is 1. The molecule has 0 radical (unpaired) electrons. The molecule has 1 N–H and O–H groups in total. The van der Waals surface area contributed by atoms with E-state index in [2.05, 4.69) is 17.2 Å². The van der Waals surface area contributed by atoms with E-state index >= 15 is 0 Å². The largest absolute Gasteiger partial charge is 0.431 e. The van der Waals surface area contributed by atoms with Crippen molar-refractivity contribution >= 4 is 5.91 Å². The summed E-state index contributed by atoms with van der Waals surface area (Å²) < 4.78 is 11.4. The first-order valence-corrected chi connectivity index (χ1v) is 8.01. The second kappa shape index (κ2) is 6.54. The van der Waals surface area contributed by atoms with Crippen LogP contribution in [-0.2, 0) is 4.74 Å². The fourth-order valence-electron chi connectivity index (χ4n) is 3.02. The molecule has 122 valence electrons. The van der Waals surface area contributed by atoms with E-state index < -0.39 is 0 Å². The molecule has 0 bridgehead atoms. The molecular formula is C18H22N2O3. The van der Waals surface area contributed by atoms with Gasteiger partial charge in [-0.1, -0.05) is 18.2 Å². The number of aryl methyl sites for hydroxylation is 1. The maximum absolute atomic E-state index is 12.4. The Morgan fingerprint density at radius 2 is 2.04 bits per heavy atom. The fourth-order valence-corrected chi connectivity index (χ4v) is 3.02. The van der Waals surface area contributed by atoms with Crippen LogP contribution in [0.15, 0.2) is 34.7 Å². The lowest BCUT2D eigenvalue weighted by molar-refractivity contribution is 0.0556. The highest BCUT2D eigenvalue weighted by atomic mass is 16.5. The number of amides is 1. The number of hydrogen-bond acceptors (Lipinski definition) is 4. The molecule has 3 rings (SSSR count). The Hall–Kier alpha value is -2.14. The van der Waals surface area contributed by atoms with E-state index in [-0.39, 0.29) is 23.9 Å². The van der Waals surface area contributed by atoms with Crippen LogP contribution in [0.2, 0.25) is 0 Å². The summed E-state index contributed by atoms with van der Waals surface area (Å²) in [5.41, 5.74) is 1.46. The van der Waals surface area contributed by atoms with Crippen LogP contribution < -0.4 is 5.32 Å². The number of oxazole rings is 1. The predicted octanol–water partition coefficient (Wildman–Crippen LogP) is 3.19. The molecule has 0 unspecified atom stereocenters. The third kappa shape index (κ3) is 3.45. The molecule has 3 atom stereocenters. The van der Waals surface area contributed by atoms with Crippen LogP contribution in [-0.4, -0.2) is 29.6 Å². The number of carbonyl (C=O) groups is 1. The monoisotopic (exact) mass is 314 g/mol. The average molecular weight is 314 g/mol.